The number of hydrogen-bond acceptors (Lipinski definition) is 6. The van der Waals surface area contributed by atoms with Crippen molar-refractivity contribution in [2.75, 3.05) is 5.32 Å². The van der Waals surface area contributed by atoms with E-state index in [0.29, 0.717) is 30.2 Å². The van der Waals surface area contributed by atoms with E-state index in [2.05, 4.69) is 19.2 Å². The van der Waals surface area contributed by atoms with E-state index in [4.69, 9.17) is 10.1 Å². The summed E-state index contributed by atoms with van der Waals surface area (Å²) in [6.45, 7) is 4.16. The van der Waals surface area contributed by atoms with Gasteiger partial charge in [-0.2, -0.15) is 4.98 Å². The number of Topliss-reactive ketones (excluding diaryl/α,β-unsaturated/α-hetero) is 1. The van der Waals surface area contributed by atoms with Crippen LogP contribution in [0.1, 0.15) is 38.3 Å². The summed E-state index contributed by atoms with van der Waals surface area (Å²) in [5, 5.41) is 21.6. The Morgan fingerprint density at radius 1 is 1.03 bits per heavy atom. The van der Waals surface area contributed by atoms with Gasteiger partial charge in [0.15, 0.2) is 11.6 Å². The second kappa shape index (κ2) is 7.59. The minimum atomic E-state index is -0.512. The largest absolute Gasteiger partial charge is 0.328 e. The summed E-state index contributed by atoms with van der Waals surface area (Å²) in [6.07, 6.45) is 1.13. The van der Waals surface area contributed by atoms with Crippen molar-refractivity contribution in [3.05, 3.63) is 93.7 Å². The highest BCUT2D eigenvalue weighted by Crippen LogP contribution is 2.46. The molecule has 1 N–H and O–H groups in total. The number of benzene rings is 3. The average Bonchev–Trinajstić information content (AvgIpc) is 3.25. The van der Waals surface area contributed by atoms with Gasteiger partial charge in [0.2, 0.25) is 5.95 Å². The van der Waals surface area contributed by atoms with Crippen LogP contribution in [0.15, 0.2) is 78.0 Å². The van der Waals surface area contributed by atoms with Crippen molar-refractivity contribution in [1.29, 1.82) is 0 Å². The van der Waals surface area contributed by atoms with Gasteiger partial charge in [-0.3, -0.25) is 14.9 Å². The first-order chi connectivity index (χ1) is 16.8. The lowest BCUT2D eigenvalue weighted by atomic mass is 9.73. The number of fused-ring (bicyclic) bond motifs is 2. The fourth-order valence-corrected chi connectivity index (χ4v) is 5.23. The maximum Gasteiger partial charge on any atom is 0.269 e. The molecule has 3 aromatic carbocycles. The van der Waals surface area contributed by atoms with Crippen LogP contribution in [0.25, 0.3) is 22.2 Å². The van der Waals surface area contributed by atoms with Crippen molar-refractivity contribution in [2.45, 2.75) is 32.7 Å². The van der Waals surface area contributed by atoms with Crippen LogP contribution in [0.4, 0.5) is 11.6 Å². The van der Waals surface area contributed by atoms with Gasteiger partial charge in [0.05, 0.1) is 4.92 Å². The minimum Gasteiger partial charge on any atom is -0.328 e. The van der Waals surface area contributed by atoms with Gasteiger partial charge in [0.25, 0.3) is 5.69 Å². The fraction of sp³-hybridized carbons (Fsp3) is 0.222. The third-order valence-corrected chi connectivity index (χ3v) is 6.78. The van der Waals surface area contributed by atoms with Crippen LogP contribution in [0.2, 0.25) is 0 Å². The number of anilines is 1. The molecule has 6 rings (SSSR count). The van der Waals surface area contributed by atoms with E-state index >= 15 is 0 Å². The molecule has 1 atom stereocenters. The minimum absolute atomic E-state index is 0.00301. The molecule has 4 aromatic rings. The molecule has 0 saturated carbocycles. The number of non-ortho nitro benzene ring substituents is 1. The SMILES string of the molecule is CC1(C)CC(=O)C2=C(C1)Nc1nc(-c3cccc4ccccc34)nn1C2c1ccc([N+](=O)[O-])cc1. The zero-order valence-electron chi connectivity index (χ0n) is 19.4. The predicted molar refractivity (Wildman–Crippen MR) is 133 cm³/mol. The van der Waals surface area contributed by atoms with Crippen LogP contribution in [0.5, 0.6) is 0 Å². The third kappa shape index (κ3) is 3.49. The van der Waals surface area contributed by atoms with Crippen molar-refractivity contribution in [3.63, 3.8) is 0 Å². The van der Waals surface area contributed by atoms with Crippen LogP contribution >= 0.6 is 0 Å². The highest BCUT2D eigenvalue weighted by atomic mass is 16.6. The van der Waals surface area contributed by atoms with Gasteiger partial charge in [-0.15, -0.1) is 5.10 Å². The first-order valence-corrected chi connectivity index (χ1v) is 11.5. The van der Waals surface area contributed by atoms with E-state index in [1.807, 2.05) is 42.5 Å². The summed E-state index contributed by atoms with van der Waals surface area (Å²) in [4.78, 5) is 29.0. The molecular weight excluding hydrogens is 442 g/mol. The van der Waals surface area contributed by atoms with Gasteiger partial charge in [0.1, 0.15) is 6.04 Å². The lowest BCUT2D eigenvalue weighted by molar-refractivity contribution is -0.384. The molecule has 1 aliphatic carbocycles. The monoisotopic (exact) mass is 465 g/mol. The van der Waals surface area contributed by atoms with Gasteiger partial charge in [-0.05, 0) is 40.3 Å². The number of nitrogens with one attached hydrogen (secondary N) is 1. The Hall–Kier alpha value is -4.33. The van der Waals surface area contributed by atoms with E-state index in [1.165, 1.54) is 12.1 Å². The molecule has 0 bridgehead atoms. The number of ketones is 1. The molecule has 2 heterocycles. The maximum absolute atomic E-state index is 13.4. The standard InChI is InChI=1S/C27H23N5O3/c1-27(2)14-21-23(22(33)15-27)24(17-10-12-18(13-11-17)32(34)35)31-26(28-21)29-25(30-31)20-9-5-7-16-6-3-4-8-19(16)20/h3-13,24H,14-15H2,1-2H3,(H,28,29,30). The number of nitro groups is 1. The van der Waals surface area contributed by atoms with Gasteiger partial charge in [0, 0.05) is 35.4 Å². The third-order valence-electron chi connectivity index (χ3n) is 6.78. The van der Waals surface area contributed by atoms with Gasteiger partial charge in [-0.25, -0.2) is 4.68 Å². The number of nitrogens with zero attached hydrogens (tertiary/aromatic N) is 4. The van der Waals surface area contributed by atoms with Crippen molar-refractivity contribution in [1.82, 2.24) is 14.8 Å². The van der Waals surface area contributed by atoms with Crippen LogP contribution in [0, 0.1) is 15.5 Å². The Morgan fingerprint density at radius 2 is 1.77 bits per heavy atom. The summed E-state index contributed by atoms with van der Waals surface area (Å²) in [5.41, 5.74) is 2.98. The number of rotatable bonds is 3. The second-order valence-corrected chi connectivity index (χ2v) is 9.94. The van der Waals surface area contributed by atoms with Crippen LogP contribution < -0.4 is 5.32 Å². The smallest absolute Gasteiger partial charge is 0.269 e. The molecule has 0 amide bonds. The molecule has 0 fully saturated rings. The lowest BCUT2D eigenvalue weighted by Crippen LogP contribution is -2.36. The quantitative estimate of drug-likeness (QED) is 0.309. The molecule has 0 spiro atoms. The Morgan fingerprint density at radius 3 is 2.54 bits per heavy atom. The molecular formula is C27H23N5O3. The topological polar surface area (TPSA) is 103 Å². The summed E-state index contributed by atoms with van der Waals surface area (Å²) >= 11 is 0. The molecule has 174 valence electrons. The van der Waals surface area contributed by atoms with E-state index in [9.17, 15) is 14.9 Å². The van der Waals surface area contributed by atoms with Crippen molar-refractivity contribution in [3.8, 4) is 11.4 Å². The predicted octanol–water partition coefficient (Wildman–Crippen LogP) is 5.66. The first kappa shape index (κ1) is 21.2. The molecule has 0 saturated heterocycles. The normalized spacial score (nSPS) is 18.7. The number of hydrogen-bond donors (Lipinski definition) is 1. The first-order valence-electron chi connectivity index (χ1n) is 11.5. The molecule has 1 aromatic heterocycles. The average molecular weight is 466 g/mol. The molecule has 2 aliphatic rings. The number of allylic oxidation sites excluding steroid dienone is 2. The van der Waals surface area contributed by atoms with Crippen LogP contribution in [-0.2, 0) is 4.79 Å². The molecule has 35 heavy (non-hydrogen) atoms. The van der Waals surface area contributed by atoms with Crippen LogP contribution in [-0.4, -0.2) is 25.5 Å². The number of carbonyl (C=O) groups excluding carboxylic acids is 1. The van der Waals surface area contributed by atoms with Crippen molar-refractivity contribution >= 4 is 28.2 Å². The molecule has 0 radical (unpaired) electrons. The highest BCUT2D eigenvalue weighted by Gasteiger charge is 2.42. The van der Waals surface area contributed by atoms with Gasteiger partial charge in [-0.1, -0.05) is 56.3 Å². The van der Waals surface area contributed by atoms with Gasteiger partial charge < -0.3 is 5.32 Å². The molecule has 8 heteroatoms. The maximum atomic E-state index is 13.4. The molecule has 1 aliphatic heterocycles. The van der Waals surface area contributed by atoms with Gasteiger partial charge >= 0.3 is 0 Å². The van der Waals surface area contributed by atoms with Crippen LogP contribution in [0.3, 0.4) is 0 Å². The number of nitro benzene ring substituents is 1. The fourth-order valence-electron chi connectivity index (χ4n) is 5.23. The van der Waals surface area contributed by atoms with Crippen molar-refractivity contribution in [2.24, 2.45) is 5.41 Å². The lowest BCUT2D eigenvalue weighted by Gasteiger charge is -2.38. The summed E-state index contributed by atoms with van der Waals surface area (Å²) in [7, 11) is 0. The Balaban J connectivity index is 1.53. The Bertz CT molecular complexity index is 1540. The van der Waals surface area contributed by atoms with Crippen molar-refractivity contribution < 1.29 is 9.72 Å². The van der Waals surface area contributed by atoms with E-state index < -0.39 is 11.0 Å². The number of carbonyl (C=O) groups is 1. The zero-order valence-corrected chi connectivity index (χ0v) is 19.4. The van der Waals surface area contributed by atoms with E-state index in [1.54, 1.807) is 16.8 Å². The summed E-state index contributed by atoms with van der Waals surface area (Å²) in [6, 6.07) is 19.9. The molecule has 8 nitrogen and oxygen atoms in total. The zero-order chi connectivity index (χ0) is 24.3. The Labute approximate surface area is 201 Å². The Kier molecular flexibility index (Phi) is 4.60. The van der Waals surface area contributed by atoms with E-state index in [-0.39, 0.29) is 16.9 Å². The highest BCUT2D eigenvalue weighted by molar-refractivity contribution is 6.00. The second-order valence-electron chi connectivity index (χ2n) is 9.94. The summed E-state index contributed by atoms with van der Waals surface area (Å²) in [5.74, 6) is 1.17. The van der Waals surface area contributed by atoms with E-state index in [0.717, 1.165) is 27.6 Å². The molecule has 1 unspecified atom stereocenters. The number of aromatic nitrogens is 3. The summed E-state index contributed by atoms with van der Waals surface area (Å²) < 4.78 is 1.74.